The van der Waals surface area contributed by atoms with Crippen molar-refractivity contribution in [1.29, 1.82) is 0 Å². The number of ether oxygens (including phenoxy) is 1. The molecule has 2 amide bonds. The molecule has 2 aliphatic heterocycles. The number of hydrogen-bond acceptors (Lipinski definition) is 7. The van der Waals surface area contributed by atoms with Crippen LogP contribution in [-0.4, -0.2) is 48.9 Å². The smallest absolute Gasteiger partial charge is 0.343 e. The first-order valence-corrected chi connectivity index (χ1v) is 16.3. The Hall–Kier alpha value is -5.44. The molecule has 0 bridgehead atoms. The number of nitrogens with zero attached hydrogens (tertiary/aromatic N) is 3. The van der Waals surface area contributed by atoms with E-state index in [9.17, 15) is 9.59 Å². The topological polar surface area (TPSA) is 107 Å². The highest BCUT2D eigenvalue weighted by Crippen LogP contribution is 2.40. The predicted molar refractivity (Wildman–Crippen MR) is 186 cm³/mol. The number of esters is 1. The number of fused-ring (bicyclic) bond motifs is 1. The second-order valence-electron chi connectivity index (χ2n) is 12.1. The van der Waals surface area contributed by atoms with Gasteiger partial charge in [0.1, 0.15) is 6.04 Å². The number of para-hydroxylation sites is 1. The van der Waals surface area contributed by atoms with E-state index in [1.807, 2.05) is 84.9 Å². The molecule has 4 aromatic carbocycles. The molecular weight excluding hydrogens is 588 g/mol. The Morgan fingerprint density at radius 3 is 2.32 bits per heavy atom. The summed E-state index contributed by atoms with van der Waals surface area (Å²) in [7, 11) is 1.39. The molecule has 0 spiro atoms. The third kappa shape index (κ3) is 6.21. The molecular formula is C38H38N6O3. The Bertz CT molecular complexity index is 1840. The van der Waals surface area contributed by atoms with Crippen LogP contribution in [0.15, 0.2) is 107 Å². The zero-order chi connectivity index (χ0) is 32.2. The summed E-state index contributed by atoms with van der Waals surface area (Å²) >= 11 is 0. The Morgan fingerprint density at radius 1 is 0.872 bits per heavy atom. The summed E-state index contributed by atoms with van der Waals surface area (Å²) in [6.45, 7) is 1.54. The normalized spacial score (nSPS) is 17.0. The van der Waals surface area contributed by atoms with Gasteiger partial charge < -0.3 is 20.7 Å². The molecule has 4 aromatic rings. The Labute approximate surface area is 274 Å². The number of rotatable bonds is 7. The molecule has 1 unspecified atom stereocenters. The lowest BCUT2D eigenvalue weighted by atomic mass is 9.83. The fourth-order valence-electron chi connectivity index (χ4n) is 6.86. The number of aliphatic imine (C=N–C) groups is 1. The number of carbonyl (C=O) groups is 2. The van der Waals surface area contributed by atoms with Crippen molar-refractivity contribution in [1.82, 2.24) is 10.3 Å². The van der Waals surface area contributed by atoms with Crippen LogP contribution in [0.5, 0.6) is 0 Å². The number of methoxy groups -OCH3 is 1. The van der Waals surface area contributed by atoms with Crippen molar-refractivity contribution < 1.29 is 14.3 Å². The van der Waals surface area contributed by atoms with Gasteiger partial charge in [0, 0.05) is 23.7 Å². The molecule has 1 aliphatic carbocycles. The first-order valence-electron chi connectivity index (χ1n) is 16.3. The van der Waals surface area contributed by atoms with Crippen LogP contribution in [0.3, 0.4) is 0 Å². The summed E-state index contributed by atoms with van der Waals surface area (Å²) in [6.07, 6.45) is 5.55. The van der Waals surface area contributed by atoms with Gasteiger partial charge in [-0.1, -0.05) is 92.1 Å². The van der Waals surface area contributed by atoms with E-state index in [4.69, 9.17) is 9.84 Å². The minimum absolute atomic E-state index is 0.238. The minimum Gasteiger partial charge on any atom is -0.465 e. The van der Waals surface area contributed by atoms with E-state index in [-0.39, 0.29) is 11.9 Å². The maximum Gasteiger partial charge on any atom is 0.343 e. The number of hydrogen-bond donors (Lipinski definition) is 3. The molecule has 0 radical (unpaired) electrons. The van der Waals surface area contributed by atoms with E-state index in [1.54, 1.807) is 11.1 Å². The maximum atomic E-state index is 14.4. The van der Waals surface area contributed by atoms with Crippen LogP contribution in [0.25, 0.3) is 11.1 Å². The van der Waals surface area contributed by atoms with Gasteiger partial charge in [-0.25, -0.2) is 14.6 Å². The van der Waals surface area contributed by atoms with E-state index in [1.165, 1.54) is 13.5 Å². The fraction of sp³-hybridized carbons (Fsp3) is 0.263. The lowest BCUT2D eigenvalue weighted by Gasteiger charge is -2.31. The van der Waals surface area contributed by atoms with Crippen molar-refractivity contribution in [3.8, 4) is 11.1 Å². The van der Waals surface area contributed by atoms with Crippen LogP contribution in [0.1, 0.15) is 65.2 Å². The highest BCUT2D eigenvalue weighted by molar-refractivity contribution is 6.11. The van der Waals surface area contributed by atoms with Gasteiger partial charge in [-0.05, 0) is 59.4 Å². The van der Waals surface area contributed by atoms with Gasteiger partial charge in [-0.3, -0.25) is 4.99 Å². The van der Waals surface area contributed by atoms with Gasteiger partial charge in [-0.15, -0.1) is 0 Å². The zero-order valence-corrected chi connectivity index (χ0v) is 26.4. The van der Waals surface area contributed by atoms with Gasteiger partial charge in [0.25, 0.3) is 0 Å². The van der Waals surface area contributed by atoms with E-state index >= 15 is 0 Å². The highest BCUT2D eigenvalue weighted by atomic mass is 16.5. The molecule has 2 heterocycles. The lowest BCUT2D eigenvalue weighted by molar-refractivity contribution is 0.0601. The van der Waals surface area contributed by atoms with Gasteiger partial charge in [0.15, 0.2) is 5.96 Å². The van der Waals surface area contributed by atoms with Crippen LogP contribution in [-0.2, 0) is 4.74 Å². The summed E-state index contributed by atoms with van der Waals surface area (Å²) in [4.78, 5) is 31.8. The predicted octanol–water partition coefficient (Wildman–Crippen LogP) is 7.43. The molecule has 3 N–H and O–H groups in total. The molecule has 9 nitrogen and oxygen atoms in total. The maximum absolute atomic E-state index is 14.4. The monoisotopic (exact) mass is 626 g/mol. The number of nitrogens with one attached hydrogen (secondary N) is 3. The number of benzene rings is 4. The Kier molecular flexibility index (Phi) is 8.68. The SMILES string of the molecule is COC(=O)c1ccccc1-c1ccccc1C(c1ccc(NC2=NCCN2)cc1)N1N=C(C2CCCCC2)c2ccccc2NC1=O. The van der Waals surface area contributed by atoms with Crippen molar-refractivity contribution in [2.45, 2.75) is 38.1 Å². The summed E-state index contributed by atoms with van der Waals surface area (Å²) in [5.41, 5.74) is 7.22. The van der Waals surface area contributed by atoms with E-state index in [2.05, 4.69) is 27.0 Å². The molecule has 1 atom stereocenters. The van der Waals surface area contributed by atoms with Crippen molar-refractivity contribution in [2.24, 2.45) is 16.0 Å². The van der Waals surface area contributed by atoms with E-state index in [0.717, 1.165) is 89.6 Å². The number of urea groups is 1. The number of amides is 2. The Balaban J connectivity index is 1.40. The number of guanidine groups is 1. The average Bonchev–Trinajstić information content (AvgIpc) is 3.59. The summed E-state index contributed by atoms with van der Waals surface area (Å²) in [5.74, 6) is 0.555. The number of hydrazone groups is 1. The first-order chi connectivity index (χ1) is 23.1. The van der Waals surface area contributed by atoms with Gasteiger partial charge in [0.2, 0.25) is 0 Å². The van der Waals surface area contributed by atoms with Crippen molar-refractivity contribution in [3.05, 3.63) is 119 Å². The van der Waals surface area contributed by atoms with Crippen LogP contribution >= 0.6 is 0 Å². The third-order valence-corrected chi connectivity index (χ3v) is 9.15. The molecule has 47 heavy (non-hydrogen) atoms. The standard InChI is InChI=1S/C38H38N6O3/c1-47-36(45)31-16-8-6-14-29(31)28-13-5-7-15-30(28)35(26-19-21-27(22-20-26)41-37-39-23-24-40-37)44-38(46)42-33-18-10-9-17-32(33)34(43-44)25-11-3-2-4-12-25/h5-10,13-22,25,35H,2-4,11-12,23-24H2,1H3,(H,42,46)(H2,39,40,41). The fourth-order valence-corrected chi connectivity index (χ4v) is 6.86. The lowest BCUT2D eigenvalue weighted by Crippen LogP contribution is -2.35. The second kappa shape index (κ2) is 13.5. The molecule has 0 saturated heterocycles. The van der Waals surface area contributed by atoms with Crippen LogP contribution < -0.4 is 16.0 Å². The molecule has 9 heteroatoms. The third-order valence-electron chi connectivity index (χ3n) is 9.15. The van der Waals surface area contributed by atoms with Crippen LogP contribution in [0.4, 0.5) is 16.2 Å². The quantitative estimate of drug-likeness (QED) is 0.185. The average molecular weight is 627 g/mol. The number of carbonyl (C=O) groups excluding carboxylic acids is 2. The zero-order valence-electron chi connectivity index (χ0n) is 26.4. The molecule has 1 fully saturated rings. The van der Waals surface area contributed by atoms with Crippen molar-refractivity contribution in [3.63, 3.8) is 0 Å². The van der Waals surface area contributed by atoms with Crippen LogP contribution in [0.2, 0.25) is 0 Å². The largest absolute Gasteiger partial charge is 0.465 e. The second-order valence-corrected chi connectivity index (χ2v) is 12.1. The van der Waals surface area contributed by atoms with Gasteiger partial charge >= 0.3 is 12.0 Å². The molecule has 238 valence electrons. The van der Waals surface area contributed by atoms with Gasteiger partial charge in [-0.2, -0.15) is 5.10 Å². The highest BCUT2D eigenvalue weighted by Gasteiger charge is 2.35. The molecule has 3 aliphatic rings. The van der Waals surface area contributed by atoms with Crippen LogP contribution in [0, 0.1) is 5.92 Å². The summed E-state index contributed by atoms with van der Waals surface area (Å²) < 4.78 is 5.16. The first kappa shape index (κ1) is 30.2. The van der Waals surface area contributed by atoms with Crippen molar-refractivity contribution >= 4 is 35.0 Å². The summed E-state index contributed by atoms with van der Waals surface area (Å²) in [5, 5.41) is 16.7. The molecule has 1 saturated carbocycles. The number of anilines is 2. The molecule has 0 aromatic heterocycles. The molecule has 7 rings (SSSR count). The van der Waals surface area contributed by atoms with E-state index in [0.29, 0.717) is 5.56 Å². The Morgan fingerprint density at radius 2 is 1.57 bits per heavy atom. The van der Waals surface area contributed by atoms with Gasteiger partial charge in [0.05, 0.1) is 30.6 Å². The van der Waals surface area contributed by atoms with Crippen molar-refractivity contribution in [2.75, 3.05) is 30.8 Å². The summed E-state index contributed by atoms with van der Waals surface area (Å²) in [6, 6.07) is 30.4. The minimum atomic E-state index is -0.624. The van der Waals surface area contributed by atoms with E-state index < -0.39 is 12.0 Å².